The van der Waals surface area contributed by atoms with Crippen molar-refractivity contribution in [3.8, 4) is 11.5 Å². The van der Waals surface area contributed by atoms with Gasteiger partial charge in [0.1, 0.15) is 11.5 Å². The predicted molar refractivity (Wildman–Crippen MR) is 95.6 cm³/mol. The van der Waals surface area contributed by atoms with Crippen molar-refractivity contribution in [3.63, 3.8) is 0 Å². The molecule has 130 valence electrons. The second kappa shape index (κ2) is 7.70. The first kappa shape index (κ1) is 16.8. The first-order valence-electron chi connectivity index (χ1n) is 7.98. The Morgan fingerprint density at radius 3 is 2.84 bits per heavy atom. The van der Waals surface area contributed by atoms with Gasteiger partial charge in [0.2, 0.25) is 0 Å². The van der Waals surface area contributed by atoms with Gasteiger partial charge in [0.05, 0.1) is 20.4 Å². The van der Waals surface area contributed by atoms with Gasteiger partial charge in [-0.2, -0.15) is 0 Å². The lowest BCUT2D eigenvalue weighted by atomic mass is 10.2. The Morgan fingerprint density at radius 1 is 1.20 bits per heavy atom. The minimum absolute atomic E-state index is 0.111. The van der Waals surface area contributed by atoms with Crippen molar-refractivity contribution in [2.75, 3.05) is 32.3 Å². The Balaban J connectivity index is 1.60. The van der Waals surface area contributed by atoms with E-state index < -0.39 is 0 Å². The van der Waals surface area contributed by atoms with E-state index in [9.17, 15) is 4.79 Å². The van der Waals surface area contributed by atoms with Crippen LogP contribution in [0.3, 0.4) is 0 Å². The maximum absolute atomic E-state index is 12.3. The van der Waals surface area contributed by atoms with E-state index in [-0.39, 0.29) is 12.5 Å². The molecule has 0 saturated heterocycles. The molecule has 0 saturated carbocycles. The molecule has 6 nitrogen and oxygen atoms in total. The maximum atomic E-state index is 12.3. The van der Waals surface area contributed by atoms with E-state index in [1.54, 1.807) is 37.3 Å². The Hall–Kier alpha value is -3.02. The molecule has 0 fully saturated rings. The zero-order chi connectivity index (χ0) is 17.6. The van der Waals surface area contributed by atoms with E-state index in [1.807, 2.05) is 24.3 Å². The number of hydrogen-bond donors (Lipinski definition) is 0. The highest BCUT2D eigenvalue weighted by atomic mass is 16.6. The summed E-state index contributed by atoms with van der Waals surface area (Å²) in [5, 5.41) is 3.88. The quantitative estimate of drug-likeness (QED) is 0.599. The third kappa shape index (κ3) is 3.74. The number of ether oxygens (including phenoxy) is 2. The number of fused-ring (bicyclic) bond motifs is 1. The van der Waals surface area contributed by atoms with Gasteiger partial charge in [0, 0.05) is 17.8 Å². The third-order valence-corrected chi connectivity index (χ3v) is 4.08. The van der Waals surface area contributed by atoms with Crippen LogP contribution in [0.5, 0.6) is 11.5 Å². The molecule has 2 aromatic rings. The van der Waals surface area contributed by atoms with Crippen LogP contribution in [-0.2, 0) is 16.1 Å². The van der Waals surface area contributed by atoms with Crippen molar-refractivity contribution in [1.29, 1.82) is 0 Å². The molecule has 0 aromatic heterocycles. The summed E-state index contributed by atoms with van der Waals surface area (Å²) in [6, 6.07) is 13.3. The van der Waals surface area contributed by atoms with Crippen LogP contribution in [-0.4, -0.2) is 39.5 Å². The van der Waals surface area contributed by atoms with Crippen molar-refractivity contribution in [1.82, 2.24) is 0 Å². The predicted octanol–water partition coefficient (Wildman–Crippen LogP) is 2.64. The average molecular weight is 340 g/mol. The molecule has 0 bridgehead atoms. The molecule has 0 atom stereocenters. The lowest BCUT2D eigenvalue weighted by Gasteiger charge is -2.16. The molecule has 1 aliphatic heterocycles. The third-order valence-electron chi connectivity index (χ3n) is 4.08. The Bertz CT molecular complexity index is 789. The Kier molecular flexibility index (Phi) is 5.18. The fourth-order valence-corrected chi connectivity index (χ4v) is 2.80. The number of oxime groups is 1. The average Bonchev–Trinajstić information content (AvgIpc) is 3.09. The molecule has 6 heteroatoms. The summed E-state index contributed by atoms with van der Waals surface area (Å²) in [5.74, 6) is 1.22. The summed E-state index contributed by atoms with van der Waals surface area (Å²) in [5.41, 5.74) is 2.84. The second-order valence-corrected chi connectivity index (χ2v) is 5.54. The smallest absolute Gasteiger partial charge is 0.267 e. The number of carbonyl (C=O) groups excluding carboxylic acids is 1. The van der Waals surface area contributed by atoms with Crippen LogP contribution in [0.4, 0.5) is 5.69 Å². The number of amides is 1. The number of para-hydroxylation sites is 1. The van der Waals surface area contributed by atoms with Crippen molar-refractivity contribution in [2.45, 2.75) is 6.42 Å². The van der Waals surface area contributed by atoms with Crippen molar-refractivity contribution < 1.29 is 19.1 Å². The Morgan fingerprint density at radius 2 is 2.04 bits per heavy atom. The first-order valence-corrected chi connectivity index (χ1v) is 7.98. The topological polar surface area (TPSA) is 60.4 Å². The van der Waals surface area contributed by atoms with Crippen LogP contribution in [0.2, 0.25) is 0 Å². The van der Waals surface area contributed by atoms with Gasteiger partial charge in [-0.05, 0) is 36.2 Å². The summed E-state index contributed by atoms with van der Waals surface area (Å²) in [6.45, 7) is 0.562. The van der Waals surface area contributed by atoms with Crippen LogP contribution in [0, 0.1) is 0 Å². The van der Waals surface area contributed by atoms with Gasteiger partial charge in [-0.1, -0.05) is 23.4 Å². The number of anilines is 1. The lowest BCUT2D eigenvalue weighted by Crippen LogP contribution is -2.31. The molecular weight excluding hydrogens is 320 g/mol. The molecule has 2 aromatic carbocycles. The lowest BCUT2D eigenvalue weighted by molar-refractivity contribution is -0.122. The maximum Gasteiger partial charge on any atom is 0.267 e. The Labute approximate surface area is 146 Å². The number of carbonyl (C=O) groups is 1. The van der Waals surface area contributed by atoms with E-state index in [2.05, 4.69) is 5.16 Å². The molecule has 0 aliphatic carbocycles. The zero-order valence-electron chi connectivity index (χ0n) is 14.3. The van der Waals surface area contributed by atoms with Crippen LogP contribution < -0.4 is 14.4 Å². The summed E-state index contributed by atoms with van der Waals surface area (Å²) >= 11 is 0. The van der Waals surface area contributed by atoms with Crippen molar-refractivity contribution in [3.05, 3.63) is 53.6 Å². The second-order valence-electron chi connectivity index (χ2n) is 5.54. The summed E-state index contributed by atoms with van der Waals surface area (Å²) in [7, 11) is 3.17. The largest absolute Gasteiger partial charge is 0.497 e. The van der Waals surface area contributed by atoms with Gasteiger partial charge in [0.25, 0.3) is 5.91 Å². The van der Waals surface area contributed by atoms with Gasteiger partial charge < -0.3 is 19.2 Å². The van der Waals surface area contributed by atoms with E-state index >= 15 is 0 Å². The molecular formula is C19H20N2O4. The van der Waals surface area contributed by atoms with E-state index in [1.165, 1.54) is 11.8 Å². The molecule has 0 spiro atoms. The number of rotatable bonds is 6. The number of benzene rings is 2. The van der Waals surface area contributed by atoms with Crippen LogP contribution in [0.1, 0.15) is 11.1 Å². The highest BCUT2D eigenvalue weighted by Crippen LogP contribution is 2.27. The van der Waals surface area contributed by atoms with E-state index in [4.69, 9.17) is 14.3 Å². The van der Waals surface area contributed by atoms with Crippen LogP contribution in [0.15, 0.2) is 47.6 Å². The molecule has 3 rings (SSSR count). The van der Waals surface area contributed by atoms with Gasteiger partial charge in [-0.15, -0.1) is 0 Å². The highest BCUT2D eigenvalue weighted by molar-refractivity contribution is 5.96. The molecule has 1 heterocycles. The number of nitrogens with zero attached hydrogens (tertiary/aromatic N) is 2. The molecule has 0 N–H and O–H groups in total. The zero-order valence-corrected chi connectivity index (χ0v) is 14.3. The first-order chi connectivity index (χ1) is 12.2. The van der Waals surface area contributed by atoms with Gasteiger partial charge in [-0.3, -0.25) is 4.79 Å². The number of hydrogen-bond acceptors (Lipinski definition) is 5. The normalized spacial score (nSPS) is 13.0. The van der Waals surface area contributed by atoms with Gasteiger partial charge in [-0.25, -0.2) is 0 Å². The van der Waals surface area contributed by atoms with E-state index in [0.29, 0.717) is 23.6 Å². The number of methoxy groups -OCH3 is 2. The fourth-order valence-electron chi connectivity index (χ4n) is 2.80. The monoisotopic (exact) mass is 340 g/mol. The fraction of sp³-hybridized carbons (Fsp3) is 0.263. The molecule has 1 aliphatic rings. The van der Waals surface area contributed by atoms with Crippen molar-refractivity contribution in [2.24, 2.45) is 5.16 Å². The summed E-state index contributed by atoms with van der Waals surface area (Å²) in [6.07, 6.45) is 2.37. The summed E-state index contributed by atoms with van der Waals surface area (Å²) in [4.78, 5) is 19.2. The SMILES string of the molecule is COc1ccc(OC)c(/C=N\OCC(=O)N2CCc3ccccc32)c1. The van der Waals surface area contributed by atoms with Gasteiger partial charge >= 0.3 is 0 Å². The molecule has 25 heavy (non-hydrogen) atoms. The van der Waals surface area contributed by atoms with Gasteiger partial charge in [0.15, 0.2) is 6.61 Å². The summed E-state index contributed by atoms with van der Waals surface area (Å²) < 4.78 is 10.4. The molecule has 1 amide bonds. The van der Waals surface area contributed by atoms with Crippen molar-refractivity contribution >= 4 is 17.8 Å². The standard InChI is InChI=1S/C19H20N2O4/c1-23-16-7-8-18(24-2)15(11-16)12-20-25-13-19(22)21-10-9-14-5-3-4-6-17(14)21/h3-8,11-12H,9-10,13H2,1-2H3/b20-12-. The molecule has 0 radical (unpaired) electrons. The highest BCUT2D eigenvalue weighted by Gasteiger charge is 2.24. The minimum Gasteiger partial charge on any atom is -0.497 e. The molecule has 0 unspecified atom stereocenters. The minimum atomic E-state index is -0.114. The van der Waals surface area contributed by atoms with E-state index in [0.717, 1.165) is 12.1 Å². The van der Waals surface area contributed by atoms with Crippen LogP contribution >= 0.6 is 0 Å². The van der Waals surface area contributed by atoms with Crippen LogP contribution in [0.25, 0.3) is 0 Å².